The van der Waals surface area contributed by atoms with Crippen LogP contribution in [0.1, 0.15) is 36.8 Å². The summed E-state index contributed by atoms with van der Waals surface area (Å²) in [6.07, 6.45) is 4.20. The van der Waals surface area contributed by atoms with Crippen LogP contribution in [0, 0.1) is 5.92 Å². The average molecular weight is 318 g/mol. The molecule has 2 aromatic carbocycles. The molecular weight excluding hydrogens is 296 g/mol. The van der Waals surface area contributed by atoms with Crippen molar-refractivity contribution in [2.24, 2.45) is 10.9 Å². The number of carbonyl (C=O) groups excluding carboxylic acids is 1. The molecule has 3 nitrogen and oxygen atoms in total. The Morgan fingerprint density at radius 2 is 1.46 bits per heavy atom. The van der Waals surface area contributed by atoms with Gasteiger partial charge in [-0.05, 0) is 24.0 Å². The molecule has 0 aromatic heterocycles. The van der Waals surface area contributed by atoms with Crippen LogP contribution < -0.4 is 5.32 Å². The van der Waals surface area contributed by atoms with Crippen LogP contribution in [0.25, 0.3) is 11.1 Å². The van der Waals surface area contributed by atoms with Crippen LogP contribution in [0.3, 0.4) is 0 Å². The molecule has 4 rings (SSSR count). The summed E-state index contributed by atoms with van der Waals surface area (Å²) in [5, 5.41) is 2.82. The van der Waals surface area contributed by atoms with Gasteiger partial charge >= 0.3 is 0 Å². The Balaban J connectivity index is 1.80. The van der Waals surface area contributed by atoms with Crippen LogP contribution in [-0.4, -0.2) is 24.7 Å². The van der Waals surface area contributed by atoms with E-state index in [1.165, 1.54) is 22.3 Å². The van der Waals surface area contributed by atoms with Crippen molar-refractivity contribution in [1.29, 1.82) is 0 Å². The maximum Gasteiger partial charge on any atom is 0.225 e. The van der Waals surface area contributed by atoms with Gasteiger partial charge < -0.3 is 5.32 Å². The Labute approximate surface area is 142 Å². The smallest absolute Gasteiger partial charge is 0.225 e. The standard InChI is InChI=1S/C21H22N2O/c1-22-21(24)18-12-6-7-13-19(18)23-20-16-10-4-2-8-14(16)15-9-3-5-11-17(15)20/h2-5,8-11,18-19H,6-7,12-13H2,1H3,(H,22,24)/t18-,19+/m0/s1. The van der Waals surface area contributed by atoms with Crippen LogP contribution in [0.15, 0.2) is 53.5 Å². The zero-order chi connectivity index (χ0) is 16.5. The van der Waals surface area contributed by atoms with Crippen LogP contribution in [-0.2, 0) is 4.79 Å². The van der Waals surface area contributed by atoms with E-state index in [9.17, 15) is 4.79 Å². The Bertz CT molecular complexity index is 761. The van der Waals surface area contributed by atoms with Crippen molar-refractivity contribution in [2.45, 2.75) is 31.7 Å². The highest BCUT2D eigenvalue weighted by Gasteiger charge is 2.32. The Morgan fingerprint density at radius 1 is 0.917 bits per heavy atom. The van der Waals surface area contributed by atoms with E-state index in [-0.39, 0.29) is 17.9 Å². The third-order valence-electron chi connectivity index (χ3n) is 5.26. The molecule has 1 amide bonds. The maximum absolute atomic E-state index is 12.3. The summed E-state index contributed by atoms with van der Waals surface area (Å²) in [5.41, 5.74) is 5.94. The minimum Gasteiger partial charge on any atom is -0.359 e. The molecule has 1 saturated carbocycles. The first-order chi connectivity index (χ1) is 11.8. The summed E-state index contributed by atoms with van der Waals surface area (Å²) in [7, 11) is 1.72. The van der Waals surface area contributed by atoms with Crippen molar-refractivity contribution in [3.05, 3.63) is 59.7 Å². The lowest BCUT2D eigenvalue weighted by Crippen LogP contribution is -2.37. The lowest BCUT2D eigenvalue weighted by Gasteiger charge is -2.28. The van der Waals surface area contributed by atoms with Crippen molar-refractivity contribution in [3.63, 3.8) is 0 Å². The normalized spacial score (nSPS) is 21.8. The molecule has 0 bridgehead atoms. The average Bonchev–Trinajstić information content (AvgIpc) is 2.96. The highest BCUT2D eigenvalue weighted by atomic mass is 16.1. The molecule has 0 saturated heterocycles. The number of nitrogens with zero attached hydrogens (tertiary/aromatic N) is 1. The van der Waals surface area contributed by atoms with Gasteiger partial charge in [-0.15, -0.1) is 0 Å². The van der Waals surface area contributed by atoms with E-state index in [0.29, 0.717) is 0 Å². The van der Waals surface area contributed by atoms with Crippen LogP contribution in [0.5, 0.6) is 0 Å². The van der Waals surface area contributed by atoms with Crippen molar-refractivity contribution in [3.8, 4) is 11.1 Å². The van der Waals surface area contributed by atoms with E-state index in [0.717, 1.165) is 31.4 Å². The fraction of sp³-hybridized carbons (Fsp3) is 0.333. The molecule has 0 radical (unpaired) electrons. The van der Waals surface area contributed by atoms with E-state index < -0.39 is 0 Å². The first kappa shape index (κ1) is 15.1. The molecule has 2 aliphatic rings. The van der Waals surface area contributed by atoms with Gasteiger partial charge in [0.2, 0.25) is 5.91 Å². The topological polar surface area (TPSA) is 41.5 Å². The molecule has 1 fully saturated rings. The number of hydrogen-bond donors (Lipinski definition) is 1. The summed E-state index contributed by atoms with van der Waals surface area (Å²) in [6, 6.07) is 17.0. The van der Waals surface area contributed by atoms with Crippen molar-refractivity contribution < 1.29 is 4.79 Å². The van der Waals surface area contributed by atoms with Gasteiger partial charge in [0.25, 0.3) is 0 Å². The maximum atomic E-state index is 12.3. The third-order valence-corrected chi connectivity index (χ3v) is 5.26. The first-order valence-electron chi connectivity index (χ1n) is 8.78. The Kier molecular flexibility index (Phi) is 3.93. The summed E-state index contributed by atoms with van der Waals surface area (Å²) in [6.45, 7) is 0. The molecule has 3 heteroatoms. The molecule has 0 aliphatic heterocycles. The predicted molar refractivity (Wildman–Crippen MR) is 97.3 cm³/mol. The number of aliphatic imine (C=N–C) groups is 1. The van der Waals surface area contributed by atoms with Crippen LogP contribution >= 0.6 is 0 Å². The van der Waals surface area contributed by atoms with E-state index in [2.05, 4.69) is 53.8 Å². The highest BCUT2D eigenvalue weighted by Crippen LogP contribution is 2.38. The van der Waals surface area contributed by atoms with Gasteiger partial charge in [-0.1, -0.05) is 61.4 Å². The van der Waals surface area contributed by atoms with E-state index in [4.69, 9.17) is 4.99 Å². The second kappa shape index (κ2) is 6.23. The van der Waals surface area contributed by atoms with E-state index >= 15 is 0 Å². The second-order valence-electron chi connectivity index (χ2n) is 6.64. The molecule has 122 valence electrons. The fourth-order valence-corrected chi connectivity index (χ4v) is 4.06. The number of fused-ring (bicyclic) bond motifs is 3. The number of nitrogens with one attached hydrogen (secondary N) is 1. The van der Waals surface area contributed by atoms with Gasteiger partial charge in [-0.2, -0.15) is 0 Å². The molecule has 0 unspecified atom stereocenters. The summed E-state index contributed by atoms with van der Waals surface area (Å²) >= 11 is 0. The number of amides is 1. The van der Waals surface area contributed by atoms with Gasteiger partial charge in [-0.3, -0.25) is 9.79 Å². The molecule has 24 heavy (non-hydrogen) atoms. The third kappa shape index (κ3) is 2.44. The lowest BCUT2D eigenvalue weighted by molar-refractivity contribution is -0.125. The zero-order valence-electron chi connectivity index (χ0n) is 14.0. The van der Waals surface area contributed by atoms with Gasteiger partial charge in [-0.25, -0.2) is 0 Å². The molecular formula is C21H22N2O. The molecule has 2 aliphatic carbocycles. The van der Waals surface area contributed by atoms with E-state index in [1.54, 1.807) is 7.05 Å². The molecule has 1 N–H and O–H groups in total. The first-order valence-corrected chi connectivity index (χ1v) is 8.78. The predicted octanol–water partition coefficient (Wildman–Crippen LogP) is 3.81. The van der Waals surface area contributed by atoms with Crippen molar-refractivity contribution >= 4 is 11.6 Å². The Hall–Kier alpha value is -2.42. The van der Waals surface area contributed by atoms with Gasteiger partial charge in [0.1, 0.15) is 0 Å². The minimum atomic E-state index is -0.00354. The van der Waals surface area contributed by atoms with Gasteiger partial charge in [0, 0.05) is 18.2 Å². The number of carbonyl (C=O) groups is 1. The van der Waals surface area contributed by atoms with E-state index in [1.807, 2.05) is 0 Å². The van der Waals surface area contributed by atoms with Gasteiger partial charge in [0.05, 0.1) is 17.7 Å². The number of rotatable bonds is 2. The lowest BCUT2D eigenvalue weighted by atomic mass is 9.84. The number of hydrogen-bond acceptors (Lipinski definition) is 2. The quantitative estimate of drug-likeness (QED) is 0.767. The molecule has 0 spiro atoms. The summed E-state index contributed by atoms with van der Waals surface area (Å²) in [4.78, 5) is 17.4. The second-order valence-corrected chi connectivity index (χ2v) is 6.64. The largest absolute Gasteiger partial charge is 0.359 e. The summed E-state index contributed by atoms with van der Waals surface area (Å²) in [5.74, 6) is 0.125. The molecule has 2 aromatic rings. The van der Waals surface area contributed by atoms with Crippen LogP contribution in [0.2, 0.25) is 0 Å². The Morgan fingerprint density at radius 3 is 2.04 bits per heavy atom. The number of benzene rings is 2. The fourth-order valence-electron chi connectivity index (χ4n) is 4.06. The van der Waals surface area contributed by atoms with Crippen LogP contribution in [0.4, 0.5) is 0 Å². The zero-order valence-corrected chi connectivity index (χ0v) is 14.0. The SMILES string of the molecule is CNC(=O)[C@H]1CCCC[C@H]1N=C1c2ccccc2-c2ccccc21. The molecule has 0 heterocycles. The summed E-state index contributed by atoms with van der Waals surface area (Å²) < 4.78 is 0. The van der Waals surface area contributed by atoms with Crippen molar-refractivity contribution in [2.75, 3.05) is 7.05 Å². The van der Waals surface area contributed by atoms with Crippen molar-refractivity contribution in [1.82, 2.24) is 5.32 Å². The van der Waals surface area contributed by atoms with Gasteiger partial charge in [0.15, 0.2) is 0 Å². The minimum absolute atomic E-state index is 0.00354. The highest BCUT2D eigenvalue weighted by molar-refractivity contribution is 6.24. The molecule has 2 atom stereocenters. The monoisotopic (exact) mass is 318 g/mol.